The third-order valence-corrected chi connectivity index (χ3v) is 5.14. The highest BCUT2D eigenvalue weighted by atomic mass is 79.9. The van der Waals surface area contributed by atoms with E-state index in [4.69, 9.17) is 9.47 Å². The molecule has 3 rings (SSSR count). The van der Waals surface area contributed by atoms with Crippen molar-refractivity contribution in [2.45, 2.75) is 19.5 Å². The van der Waals surface area contributed by atoms with E-state index in [2.05, 4.69) is 45.7 Å². The van der Waals surface area contributed by atoms with E-state index in [9.17, 15) is 0 Å². The van der Waals surface area contributed by atoms with Gasteiger partial charge in [-0.15, -0.1) is 11.3 Å². The number of thiophene rings is 1. The number of nitrogens with one attached hydrogen (secondary N) is 1. The van der Waals surface area contributed by atoms with E-state index in [1.54, 1.807) is 11.3 Å². The average Bonchev–Trinajstić information content (AvgIpc) is 3.03. The summed E-state index contributed by atoms with van der Waals surface area (Å²) in [5.41, 5.74) is 1.20. The molecule has 3 nitrogen and oxygen atoms in total. The Labute approximate surface area is 124 Å². The predicted molar refractivity (Wildman–Crippen MR) is 79.8 cm³/mol. The SMILES string of the molecule is CC(NCc1ccc2c(c1)OCO2)c1sccc1Br. The number of ether oxygens (including phenoxy) is 2. The van der Waals surface area contributed by atoms with Crippen molar-refractivity contribution in [3.05, 3.63) is 44.6 Å². The molecule has 1 aromatic heterocycles. The summed E-state index contributed by atoms with van der Waals surface area (Å²) in [7, 11) is 0. The molecule has 0 saturated heterocycles. The van der Waals surface area contributed by atoms with Crippen molar-refractivity contribution in [1.29, 1.82) is 0 Å². The predicted octanol–water partition coefficient (Wildman–Crippen LogP) is 4.09. The largest absolute Gasteiger partial charge is 0.454 e. The lowest BCUT2D eigenvalue weighted by Gasteiger charge is -2.13. The first kappa shape index (κ1) is 13.0. The summed E-state index contributed by atoms with van der Waals surface area (Å²) < 4.78 is 11.9. The maximum Gasteiger partial charge on any atom is 0.231 e. The van der Waals surface area contributed by atoms with Gasteiger partial charge in [-0.1, -0.05) is 6.07 Å². The second-order valence-corrected chi connectivity index (χ2v) is 6.23. The van der Waals surface area contributed by atoms with Gasteiger partial charge < -0.3 is 14.8 Å². The number of rotatable bonds is 4. The summed E-state index contributed by atoms with van der Waals surface area (Å²) >= 11 is 5.33. The van der Waals surface area contributed by atoms with E-state index in [-0.39, 0.29) is 0 Å². The van der Waals surface area contributed by atoms with E-state index in [1.165, 1.54) is 14.9 Å². The summed E-state index contributed by atoms with van der Waals surface area (Å²) in [6, 6.07) is 8.46. The Balaban J connectivity index is 1.65. The third kappa shape index (κ3) is 2.78. The molecule has 0 radical (unpaired) electrons. The van der Waals surface area contributed by atoms with Gasteiger partial charge in [0.1, 0.15) is 0 Å². The molecule has 0 saturated carbocycles. The summed E-state index contributed by atoms with van der Waals surface area (Å²) in [5, 5.41) is 5.61. The van der Waals surface area contributed by atoms with Gasteiger partial charge in [-0.25, -0.2) is 0 Å². The molecule has 5 heteroatoms. The molecule has 1 unspecified atom stereocenters. The molecule has 19 heavy (non-hydrogen) atoms. The summed E-state index contributed by atoms with van der Waals surface area (Å²) in [6.07, 6.45) is 0. The van der Waals surface area contributed by atoms with Gasteiger partial charge in [0.15, 0.2) is 11.5 Å². The van der Waals surface area contributed by atoms with Crippen LogP contribution in [0.1, 0.15) is 23.4 Å². The second kappa shape index (κ2) is 5.53. The number of benzene rings is 1. The van der Waals surface area contributed by atoms with Crippen LogP contribution in [-0.4, -0.2) is 6.79 Å². The van der Waals surface area contributed by atoms with Gasteiger partial charge in [-0.05, 0) is 52.0 Å². The van der Waals surface area contributed by atoms with E-state index >= 15 is 0 Å². The smallest absolute Gasteiger partial charge is 0.231 e. The fourth-order valence-electron chi connectivity index (χ4n) is 2.03. The van der Waals surface area contributed by atoms with Gasteiger partial charge in [0.05, 0.1) is 0 Å². The summed E-state index contributed by atoms with van der Waals surface area (Å²) in [4.78, 5) is 1.32. The average molecular weight is 340 g/mol. The van der Waals surface area contributed by atoms with Gasteiger partial charge in [-0.3, -0.25) is 0 Å². The quantitative estimate of drug-likeness (QED) is 0.909. The first-order valence-electron chi connectivity index (χ1n) is 6.09. The van der Waals surface area contributed by atoms with Crippen molar-refractivity contribution >= 4 is 27.3 Å². The Bertz CT molecular complexity index is 585. The Morgan fingerprint density at radius 1 is 1.32 bits per heavy atom. The van der Waals surface area contributed by atoms with Crippen molar-refractivity contribution in [2.24, 2.45) is 0 Å². The number of halogens is 1. The topological polar surface area (TPSA) is 30.5 Å². The Hall–Kier alpha value is -1.04. The molecule has 1 aliphatic heterocycles. The van der Waals surface area contributed by atoms with Crippen LogP contribution < -0.4 is 14.8 Å². The van der Waals surface area contributed by atoms with Gasteiger partial charge in [-0.2, -0.15) is 0 Å². The van der Waals surface area contributed by atoms with Crippen LogP contribution in [-0.2, 0) is 6.54 Å². The molecule has 1 aliphatic rings. The van der Waals surface area contributed by atoms with Gasteiger partial charge in [0.2, 0.25) is 6.79 Å². The molecule has 0 spiro atoms. The molecule has 0 aliphatic carbocycles. The van der Waals surface area contributed by atoms with E-state index in [1.807, 2.05) is 12.1 Å². The zero-order valence-corrected chi connectivity index (χ0v) is 12.9. The first-order valence-corrected chi connectivity index (χ1v) is 7.76. The molecular weight excluding hydrogens is 326 g/mol. The highest BCUT2D eigenvalue weighted by molar-refractivity contribution is 9.10. The van der Waals surface area contributed by atoms with Crippen LogP contribution in [0.25, 0.3) is 0 Å². The van der Waals surface area contributed by atoms with E-state index in [0.29, 0.717) is 12.8 Å². The van der Waals surface area contributed by atoms with Gasteiger partial charge >= 0.3 is 0 Å². The third-order valence-electron chi connectivity index (χ3n) is 3.09. The fourth-order valence-corrected chi connectivity index (χ4v) is 3.78. The second-order valence-electron chi connectivity index (χ2n) is 4.42. The van der Waals surface area contributed by atoms with Crippen LogP contribution >= 0.6 is 27.3 Å². The van der Waals surface area contributed by atoms with Crippen LogP contribution in [0.3, 0.4) is 0 Å². The minimum absolute atomic E-state index is 0.319. The van der Waals surface area contributed by atoms with Gasteiger partial charge in [0.25, 0.3) is 0 Å². The van der Waals surface area contributed by atoms with Crippen molar-refractivity contribution in [3.63, 3.8) is 0 Å². The molecule has 2 heterocycles. The zero-order chi connectivity index (χ0) is 13.2. The van der Waals surface area contributed by atoms with Crippen LogP contribution in [0.2, 0.25) is 0 Å². The molecule has 0 bridgehead atoms. The molecule has 2 aromatic rings. The monoisotopic (exact) mass is 339 g/mol. The summed E-state index contributed by atoms with van der Waals surface area (Å²) in [6.45, 7) is 3.30. The minimum Gasteiger partial charge on any atom is -0.454 e. The maximum absolute atomic E-state index is 5.38. The van der Waals surface area contributed by atoms with Crippen LogP contribution in [0, 0.1) is 0 Å². The Kier molecular flexibility index (Phi) is 3.77. The lowest BCUT2D eigenvalue weighted by atomic mass is 10.2. The molecule has 100 valence electrons. The zero-order valence-electron chi connectivity index (χ0n) is 10.5. The molecule has 1 atom stereocenters. The number of hydrogen-bond acceptors (Lipinski definition) is 4. The van der Waals surface area contributed by atoms with Gasteiger partial charge in [0, 0.05) is 21.9 Å². The Morgan fingerprint density at radius 2 is 2.16 bits per heavy atom. The van der Waals surface area contributed by atoms with Crippen molar-refractivity contribution in [3.8, 4) is 11.5 Å². The molecule has 1 N–H and O–H groups in total. The lowest BCUT2D eigenvalue weighted by Crippen LogP contribution is -2.17. The minimum atomic E-state index is 0.319. The first-order chi connectivity index (χ1) is 9.24. The van der Waals surface area contributed by atoms with E-state index < -0.39 is 0 Å². The molecule has 0 fully saturated rings. The molecule has 1 aromatic carbocycles. The normalized spacial score (nSPS) is 14.6. The Morgan fingerprint density at radius 3 is 2.95 bits per heavy atom. The fraction of sp³-hybridized carbons (Fsp3) is 0.286. The lowest BCUT2D eigenvalue weighted by molar-refractivity contribution is 0.174. The molecular formula is C14H14BrNO2S. The number of hydrogen-bond donors (Lipinski definition) is 1. The van der Waals surface area contributed by atoms with Crippen LogP contribution in [0.5, 0.6) is 11.5 Å². The maximum atomic E-state index is 5.38. The van der Waals surface area contributed by atoms with Crippen molar-refractivity contribution < 1.29 is 9.47 Å². The highest BCUT2D eigenvalue weighted by Crippen LogP contribution is 2.33. The standard InChI is InChI=1S/C14H14BrNO2S/c1-9(14-11(15)4-5-19-14)16-7-10-2-3-12-13(6-10)18-8-17-12/h2-6,9,16H,7-8H2,1H3. The highest BCUT2D eigenvalue weighted by Gasteiger charge is 2.14. The number of fused-ring (bicyclic) bond motifs is 1. The van der Waals surface area contributed by atoms with Crippen molar-refractivity contribution in [2.75, 3.05) is 6.79 Å². The van der Waals surface area contributed by atoms with Crippen molar-refractivity contribution in [1.82, 2.24) is 5.32 Å². The summed E-state index contributed by atoms with van der Waals surface area (Å²) in [5.74, 6) is 1.67. The molecule has 0 amide bonds. The van der Waals surface area contributed by atoms with Crippen LogP contribution in [0.15, 0.2) is 34.1 Å². The van der Waals surface area contributed by atoms with E-state index in [0.717, 1.165) is 18.0 Å². The van der Waals surface area contributed by atoms with Crippen LogP contribution in [0.4, 0.5) is 0 Å².